The molecule has 0 aliphatic heterocycles. The Morgan fingerprint density at radius 2 is 2.11 bits per heavy atom. The molecule has 0 saturated carbocycles. The predicted molar refractivity (Wildman–Crippen MR) is 59.2 cm³/mol. The van der Waals surface area contributed by atoms with Crippen LogP contribution in [0.15, 0.2) is 47.4 Å². The SMILES string of the molecule is O=C(NC(c1ccccn1)C(F)(F)F)c1ccoc1. The van der Waals surface area contributed by atoms with E-state index in [4.69, 9.17) is 0 Å². The van der Waals surface area contributed by atoms with Crippen molar-refractivity contribution in [1.29, 1.82) is 0 Å². The van der Waals surface area contributed by atoms with Crippen molar-refractivity contribution < 1.29 is 22.4 Å². The number of amides is 1. The highest BCUT2D eigenvalue weighted by Gasteiger charge is 2.43. The van der Waals surface area contributed by atoms with Gasteiger partial charge in [0.2, 0.25) is 0 Å². The Labute approximate surface area is 106 Å². The lowest BCUT2D eigenvalue weighted by atomic mass is 10.1. The highest BCUT2D eigenvalue weighted by molar-refractivity contribution is 5.94. The molecule has 1 N–H and O–H groups in total. The number of hydrogen-bond acceptors (Lipinski definition) is 3. The Morgan fingerprint density at radius 3 is 2.63 bits per heavy atom. The number of furan rings is 1. The lowest BCUT2D eigenvalue weighted by molar-refractivity contribution is -0.156. The van der Waals surface area contributed by atoms with Gasteiger partial charge in [0, 0.05) is 6.20 Å². The molecule has 100 valence electrons. The van der Waals surface area contributed by atoms with Crippen LogP contribution in [0.5, 0.6) is 0 Å². The summed E-state index contributed by atoms with van der Waals surface area (Å²) in [5.41, 5.74) is -0.253. The van der Waals surface area contributed by atoms with E-state index in [0.717, 1.165) is 6.26 Å². The molecule has 0 aliphatic rings. The fourth-order valence-electron chi connectivity index (χ4n) is 1.48. The molecule has 0 bridgehead atoms. The molecule has 1 atom stereocenters. The van der Waals surface area contributed by atoms with Crippen LogP contribution in [0.1, 0.15) is 22.1 Å². The molecule has 4 nitrogen and oxygen atoms in total. The van der Waals surface area contributed by atoms with E-state index >= 15 is 0 Å². The van der Waals surface area contributed by atoms with Crippen molar-refractivity contribution in [3.63, 3.8) is 0 Å². The second-order valence-electron chi connectivity index (χ2n) is 3.71. The van der Waals surface area contributed by atoms with Gasteiger partial charge in [-0.05, 0) is 18.2 Å². The highest BCUT2D eigenvalue weighted by Crippen LogP contribution is 2.31. The fraction of sp³-hybridized carbons (Fsp3) is 0.167. The number of carbonyl (C=O) groups is 1. The third-order valence-electron chi connectivity index (χ3n) is 2.37. The minimum Gasteiger partial charge on any atom is -0.472 e. The number of carbonyl (C=O) groups excluding carboxylic acids is 1. The number of nitrogens with one attached hydrogen (secondary N) is 1. The number of aromatic nitrogens is 1. The zero-order valence-electron chi connectivity index (χ0n) is 9.52. The zero-order valence-corrected chi connectivity index (χ0v) is 9.52. The van der Waals surface area contributed by atoms with Gasteiger partial charge in [-0.1, -0.05) is 6.07 Å². The van der Waals surface area contributed by atoms with E-state index in [9.17, 15) is 18.0 Å². The number of rotatable bonds is 3. The first kappa shape index (κ1) is 13.1. The summed E-state index contributed by atoms with van der Waals surface area (Å²) < 4.78 is 43.4. The van der Waals surface area contributed by atoms with E-state index in [-0.39, 0.29) is 11.3 Å². The first-order valence-electron chi connectivity index (χ1n) is 5.29. The molecule has 0 radical (unpaired) electrons. The van der Waals surface area contributed by atoms with Crippen LogP contribution >= 0.6 is 0 Å². The van der Waals surface area contributed by atoms with Crippen molar-refractivity contribution in [3.05, 3.63) is 54.2 Å². The minimum absolute atomic E-state index is 0.0187. The third kappa shape index (κ3) is 3.12. The van der Waals surface area contributed by atoms with Crippen LogP contribution in [0.3, 0.4) is 0 Å². The Kier molecular flexibility index (Phi) is 3.55. The van der Waals surface area contributed by atoms with E-state index < -0.39 is 18.1 Å². The summed E-state index contributed by atoms with van der Waals surface area (Å²) in [5.74, 6) is -0.873. The Morgan fingerprint density at radius 1 is 1.32 bits per heavy atom. The maximum atomic E-state index is 12.9. The van der Waals surface area contributed by atoms with Gasteiger partial charge in [-0.25, -0.2) is 0 Å². The molecule has 1 unspecified atom stereocenters. The maximum Gasteiger partial charge on any atom is 0.414 e. The largest absolute Gasteiger partial charge is 0.472 e. The van der Waals surface area contributed by atoms with Crippen LogP contribution in [0, 0.1) is 0 Å². The molecule has 2 heterocycles. The predicted octanol–water partition coefficient (Wildman–Crippen LogP) is 2.71. The van der Waals surface area contributed by atoms with E-state index in [1.165, 1.54) is 36.7 Å². The normalized spacial score (nSPS) is 13.0. The van der Waals surface area contributed by atoms with Gasteiger partial charge in [0.1, 0.15) is 6.26 Å². The van der Waals surface area contributed by atoms with Gasteiger partial charge in [-0.2, -0.15) is 13.2 Å². The topological polar surface area (TPSA) is 55.1 Å². The van der Waals surface area contributed by atoms with Gasteiger partial charge in [0.05, 0.1) is 17.5 Å². The average Bonchev–Trinajstić information content (AvgIpc) is 2.89. The average molecular weight is 270 g/mol. The first-order chi connectivity index (χ1) is 8.98. The standard InChI is InChI=1S/C12H9F3N2O2/c13-12(14,15)10(9-3-1-2-5-16-9)17-11(18)8-4-6-19-7-8/h1-7,10H,(H,17,18). The summed E-state index contributed by atoms with van der Waals surface area (Å²) >= 11 is 0. The summed E-state index contributed by atoms with van der Waals surface area (Å²) in [6, 6.07) is 3.24. The third-order valence-corrected chi connectivity index (χ3v) is 2.37. The van der Waals surface area contributed by atoms with Crippen molar-refractivity contribution in [2.24, 2.45) is 0 Å². The molecule has 2 aromatic heterocycles. The van der Waals surface area contributed by atoms with Crippen LogP contribution in [0.2, 0.25) is 0 Å². The van der Waals surface area contributed by atoms with Gasteiger partial charge in [0.15, 0.2) is 6.04 Å². The summed E-state index contributed by atoms with van der Waals surface area (Å²) in [4.78, 5) is 15.3. The van der Waals surface area contributed by atoms with E-state index in [1.54, 1.807) is 0 Å². The zero-order chi connectivity index (χ0) is 13.9. The van der Waals surface area contributed by atoms with Crippen LogP contribution in [-0.4, -0.2) is 17.1 Å². The summed E-state index contributed by atoms with van der Waals surface area (Å²) in [5, 5.41) is 1.89. The van der Waals surface area contributed by atoms with Crippen LogP contribution < -0.4 is 5.32 Å². The van der Waals surface area contributed by atoms with Crippen molar-refractivity contribution in [2.75, 3.05) is 0 Å². The number of hydrogen-bond donors (Lipinski definition) is 1. The summed E-state index contributed by atoms with van der Waals surface area (Å²) in [6.07, 6.45) is -1.12. The molecule has 0 aromatic carbocycles. The number of nitrogens with zero attached hydrogens (tertiary/aromatic N) is 1. The van der Waals surface area contributed by atoms with Gasteiger partial charge in [-0.3, -0.25) is 9.78 Å². The Bertz CT molecular complexity index is 538. The van der Waals surface area contributed by atoms with Gasteiger partial charge in [0.25, 0.3) is 5.91 Å². The Hall–Kier alpha value is -2.31. The Balaban J connectivity index is 2.23. The van der Waals surface area contributed by atoms with Crippen molar-refractivity contribution in [3.8, 4) is 0 Å². The first-order valence-corrected chi connectivity index (χ1v) is 5.29. The number of halogens is 3. The van der Waals surface area contributed by atoms with Gasteiger partial charge >= 0.3 is 6.18 Å². The second kappa shape index (κ2) is 5.13. The van der Waals surface area contributed by atoms with Crippen LogP contribution in [0.4, 0.5) is 13.2 Å². The summed E-state index contributed by atoms with van der Waals surface area (Å²) in [6.45, 7) is 0. The van der Waals surface area contributed by atoms with E-state index in [0.29, 0.717) is 0 Å². The van der Waals surface area contributed by atoms with Crippen molar-refractivity contribution in [2.45, 2.75) is 12.2 Å². The molecular formula is C12H9F3N2O2. The number of alkyl halides is 3. The lowest BCUT2D eigenvalue weighted by Gasteiger charge is -2.20. The molecule has 19 heavy (non-hydrogen) atoms. The van der Waals surface area contributed by atoms with E-state index in [1.807, 2.05) is 5.32 Å². The highest BCUT2D eigenvalue weighted by atomic mass is 19.4. The monoisotopic (exact) mass is 270 g/mol. The van der Waals surface area contributed by atoms with E-state index in [2.05, 4.69) is 9.40 Å². The minimum atomic E-state index is -4.63. The molecule has 7 heteroatoms. The van der Waals surface area contributed by atoms with Gasteiger partial charge < -0.3 is 9.73 Å². The quantitative estimate of drug-likeness (QED) is 0.932. The van der Waals surface area contributed by atoms with Gasteiger partial charge in [-0.15, -0.1) is 0 Å². The molecule has 2 aromatic rings. The maximum absolute atomic E-state index is 12.9. The smallest absolute Gasteiger partial charge is 0.414 e. The van der Waals surface area contributed by atoms with Crippen molar-refractivity contribution in [1.82, 2.24) is 10.3 Å². The van der Waals surface area contributed by atoms with Crippen LogP contribution in [0.25, 0.3) is 0 Å². The molecular weight excluding hydrogens is 261 g/mol. The molecule has 1 amide bonds. The van der Waals surface area contributed by atoms with Crippen LogP contribution in [-0.2, 0) is 0 Å². The molecule has 0 fully saturated rings. The molecule has 0 saturated heterocycles. The fourth-order valence-corrected chi connectivity index (χ4v) is 1.48. The number of pyridine rings is 1. The molecule has 2 rings (SSSR count). The van der Waals surface area contributed by atoms with Crippen molar-refractivity contribution >= 4 is 5.91 Å². The summed E-state index contributed by atoms with van der Waals surface area (Å²) in [7, 11) is 0. The lowest BCUT2D eigenvalue weighted by Crippen LogP contribution is -2.38. The second-order valence-corrected chi connectivity index (χ2v) is 3.71. The molecule has 0 aliphatic carbocycles. The molecule has 0 spiro atoms.